The lowest BCUT2D eigenvalue weighted by molar-refractivity contribution is -0.134. The van der Waals surface area contributed by atoms with E-state index in [9.17, 15) is 14.4 Å². The average molecular weight is 359 g/mol. The van der Waals surface area contributed by atoms with Crippen LogP contribution in [0.25, 0.3) is 10.8 Å². The van der Waals surface area contributed by atoms with Crippen LogP contribution < -0.4 is 4.74 Å². The second-order valence-corrected chi connectivity index (χ2v) is 6.36. The van der Waals surface area contributed by atoms with E-state index in [4.69, 9.17) is 4.74 Å². The number of hydrogen-bond acceptors (Lipinski definition) is 4. The van der Waals surface area contributed by atoms with Crippen molar-refractivity contribution in [2.75, 3.05) is 6.54 Å². The van der Waals surface area contributed by atoms with E-state index in [0.717, 1.165) is 5.39 Å². The van der Waals surface area contributed by atoms with Crippen molar-refractivity contribution in [3.05, 3.63) is 77.9 Å². The van der Waals surface area contributed by atoms with Crippen LogP contribution in [0.3, 0.4) is 0 Å². The number of nitrogens with zero attached hydrogens (tertiary/aromatic N) is 1. The maximum atomic E-state index is 12.8. The number of hydrogen-bond donors (Lipinski definition) is 0. The highest BCUT2D eigenvalue weighted by Crippen LogP contribution is 2.30. The normalized spacial score (nSPS) is 13.1. The number of para-hydroxylation sites is 1. The number of ether oxygens (including phenoxy) is 1. The van der Waals surface area contributed by atoms with Crippen LogP contribution in [0.5, 0.6) is 5.75 Å². The van der Waals surface area contributed by atoms with Gasteiger partial charge in [0.15, 0.2) is 0 Å². The van der Waals surface area contributed by atoms with Crippen molar-refractivity contribution in [1.82, 2.24) is 4.90 Å². The van der Waals surface area contributed by atoms with E-state index in [1.165, 1.54) is 4.90 Å². The first-order chi connectivity index (χ1) is 13.1. The Bertz CT molecular complexity index is 992. The first kappa shape index (κ1) is 17.0. The van der Waals surface area contributed by atoms with Gasteiger partial charge >= 0.3 is 5.97 Å². The lowest BCUT2D eigenvalue weighted by Gasteiger charge is -2.27. The maximum absolute atomic E-state index is 12.8. The molecule has 4 rings (SSSR count). The summed E-state index contributed by atoms with van der Waals surface area (Å²) < 4.78 is 5.23. The van der Waals surface area contributed by atoms with Gasteiger partial charge in [0.2, 0.25) is 0 Å². The monoisotopic (exact) mass is 359 g/mol. The zero-order chi connectivity index (χ0) is 18.8. The fourth-order valence-corrected chi connectivity index (χ4v) is 3.34. The predicted octanol–water partition coefficient (Wildman–Crippen LogP) is 3.82. The van der Waals surface area contributed by atoms with Gasteiger partial charge in [0, 0.05) is 29.5 Å². The summed E-state index contributed by atoms with van der Waals surface area (Å²) in [5.74, 6) is -0.546. The van der Waals surface area contributed by atoms with Gasteiger partial charge in [-0.25, -0.2) is 0 Å². The highest BCUT2D eigenvalue weighted by molar-refractivity contribution is 6.25. The molecule has 2 amide bonds. The molecule has 0 N–H and O–H groups in total. The molecule has 0 fully saturated rings. The van der Waals surface area contributed by atoms with Gasteiger partial charge in [-0.05, 0) is 36.1 Å². The zero-order valence-corrected chi connectivity index (χ0v) is 14.6. The Balaban J connectivity index is 1.45. The molecular weight excluding hydrogens is 342 g/mol. The van der Waals surface area contributed by atoms with Crippen molar-refractivity contribution in [1.29, 1.82) is 0 Å². The minimum absolute atomic E-state index is 0.123. The highest BCUT2D eigenvalue weighted by atomic mass is 16.5. The van der Waals surface area contributed by atoms with E-state index < -0.39 is 0 Å². The largest absolute Gasteiger partial charge is 0.427 e. The smallest absolute Gasteiger partial charge is 0.311 e. The summed E-state index contributed by atoms with van der Waals surface area (Å²) in [6, 6.07) is 19.7. The molecule has 0 saturated heterocycles. The summed E-state index contributed by atoms with van der Waals surface area (Å²) in [4.78, 5) is 38.7. The first-order valence-electron chi connectivity index (χ1n) is 8.79. The molecule has 0 spiro atoms. The molecular formula is C22H17NO4. The lowest BCUT2D eigenvalue weighted by Crippen LogP contribution is -2.41. The molecule has 5 nitrogen and oxygen atoms in total. The Morgan fingerprint density at radius 2 is 1.44 bits per heavy atom. The van der Waals surface area contributed by atoms with Crippen molar-refractivity contribution in [2.24, 2.45) is 0 Å². The Morgan fingerprint density at radius 3 is 2.07 bits per heavy atom. The van der Waals surface area contributed by atoms with Gasteiger partial charge in [-0.3, -0.25) is 19.3 Å². The molecule has 0 aliphatic carbocycles. The fourth-order valence-electron chi connectivity index (χ4n) is 3.34. The third-order valence-electron chi connectivity index (χ3n) is 4.59. The van der Waals surface area contributed by atoms with Crippen molar-refractivity contribution in [2.45, 2.75) is 12.8 Å². The molecule has 0 saturated carbocycles. The predicted molar refractivity (Wildman–Crippen MR) is 101 cm³/mol. The summed E-state index contributed by atoms with van der Waals surface area (Å²) in [6.45, 7) is 0.173. The molecule has 0 aromatic heterocycles. The average Bonchev–Trinajstić information content (AvgIpc) is 2.69. The number of benzene rings is 3. The van der Waals surface area contributed by atoms with Crippen LogP contribution >= 0.6 is 0 Å². The van der Waals surface area contributed by atoms with Crippen LogP contribution in [-0.2, 0) is 4.79 Å². The van der Waals surface area contributed by atoms with Crippen LogP contribution in [0.2, 0.25) is 0 Å². The molecule has 0 radical (unpaired) electrons. The van der Waals surface area contributed by atoms with Gasteiger partial charge in [-0.1, -0.05) is 42.5 Å². The summed E-state index contributed by atoms with van der Waals surface area (Å²) in [5, 5.41) is 1.58. The van der Waals surface area contributed by atoms with Crippen molar-refractivity contribution in [3.8, 4) is 5.75 Å². The molecule has 0 atom stereocenters. The van der Waals surface area contributed by atoms with Gasteiger partial charge in [0.25, 0.3) is 11.8 Å². The van der Waals surface area contributed by atoms with E-state index in [1.54, 1.807) is 36.4 Å². The van der Waals surface area contributed by atoms with E-state index in [0.29, 0.717) is 28.7 Å². The lowest BCUT2D eigenvalue weighted by atomic mass is 9.94. The number of imide groups is 1. The van der Waals surface area contributed by atoms with Crippen LogP contribution in [0, 0.1) is 0 Å². The molecule has 3 aromatic carbocycles. The zero-order valence-electron chi connectivity index (χ0n) is 14.6. The van der Waals surface area contributed by atoms with Gasteiger partial charge < -0.3 is 4.74 Å². The minimum atomic E-state index is -0.388. The molecule has 5 heteroatoms. The number of esters is 1. The number of carbonyl (C=O) groups excluding carboxylic acids is 3. The Hall–Kier alpha value is -3.47. The summed E-state index contributed by atoms with van der Waals surface area (Å²) >= 11 is 0. The van der Waals surface area contributed by atoms with Gasteiger partial charge in [-0.15, -0.1) is 0 Å². The fraction of sp³-hybridized carbons (Fsp3) is 0.136. The Labute approximate surface area is 156 Å². The topological polar surface area (TPSA) is 63.7 Å². The van der Waals surface area contributed by atoms with E-state index in [1.807, 2.05) is 30.3 Å². The molecule has 0 unspecified atom stereocenters. The van der Waals surface area contributed by atoms with Crippen molar-refractivity contribution in [3.63, 3.8) is 0 Å². The molecule has 1 aliphatic heterocycles. The third kappa shape index (κ3) is 3.19. The minimum Gasteiger partial charge on any atom is -0.427 e. The molecule has 134 valence electrons. The highest BCUT2D eigenvalue weighted by Gasteiger charge is 2.32. The molecule has 27 heavy (non-hydrogen) atoms. The van der Waals surface area contributed by atoms with Gasteiger partial charge in [0.05, 0.1) is 0 Å². The Kier molecular flexibility index (Phi) is 4.42. The van der Waals surface area contributed by atoms with Gasteiger partial charge in [0.1, 0.15) is 5.75 Å². The molecule has 1 heterocycles. The van der Waals surface area contributed by atoms with E-state index in [-0.39, 0.29) is 30.7 Å². The third-order valence-corrected chi connectivity index (χ3v) is 4.59. The van der Waals surface area contributed by atoms with Crippen LogP contribution in [0.1, 0.15) is 33.6 Å². The van der Waals surface area contributed by atoms with Crippen LogP contribution in [0.4, 0.5) is 0 Å². The summed E-state index contributed by atoms with van der Waals surface area (Å²) in [5.41, 5.74) is 1.05. The van der Waals surface area contributed by atoms with Crippen molar-refractivity contribution >= 4 is 28.6 Å². The second kappa shape index (κ2) is 7.03. The van der Waals surface area contributed by atoms with E-state index in [2.05, 4.69) is 0 Å². The second-order valence-electron chi connectivity index (χ2n) is 6.36. The van der Waals surface area contributed by atoms with E-state index >= 15 is 0 Å². The van der Waals surface area contributed by atoms with Crippen LogP contribution in [-0.4, -0.2) is 29.2 Å². The standard InChI is InChI=1S/C22H17NO4/c24-19(27-16-9-2-1-3-10-16)13-6-14-23-21(25)17-11-4-7-15-8-5-12-18(20(15)17)22(23)26/h1-5,7-12H,6,13-14H2. The SMILES string of the molecule is O=C(CCCN1C(=O)c2cccc3cccc(c23)C1=O)Oc1ccccc1. The number of rotatable bonds is 5. The molecule has 0 bridgehead atoms. The Morgan fingerprint density at radius 1 is 0.815 bits per heavy atom. The number of carbonyl (C=O) groups is 3. The first-order valence-corrected chi connectivity index (χ1v) is 8.79. The molecule has 3 aromatic rings. The number of amides is 2. The summed E-state index contributed by atoms with van der Waals surface area (Å²) in [7, 11) is 0. The van der Waals surface area contributed by atoms with Crippen LogP contribution in [0.15, 0.2) is 66.7 Å². The van der Waals surface area contributed by atoms with Crippen molar-refractivity contribution < 1.29 is 19.1 Å². The summed E-state index contributed by atoms with van der Waals surface area (Å²) in [6.07, 6.45) is 0.471. The maximum Gasteiger partial charge on any atom is 0.311 e. The van der Waals surface area contributed by atoms with Gasteiger partial charge in [-0.2, -0.15) is 0 Å². The quantitative estimate of drug-likeness (QED) is 0.395. The molecule has 1 aliphatic rings.